The second-order valence-electron chi connectivity index (χ2n) is 16.6. The highest BCUT2D eigenvalue weighted by atomic mass is 32.2. The third kappa shape index (κ3) is 8.64. The molecule has 2 aliphatic heterocycles. The molecule has 2 aliphatic carbocycles. The average Bonchev–Trinajstić information content (AvgIpc) is 3.73. The van der Waals surface area contributed by atoms with Crippen LogP contribution in [0.4, 0.5) is 0 Å². The summed E-state index contributed by atoms with van der Waals surface area (Å²) >= 11 is 9.78. The van der Waals surface area contributed by atoms with Crippen molar-refractivity contribution >= 4 is 80.5 Å². The number of thioether (sulfide) groups is 1. The summed E-state index contributed by atoms with van der Waals surface area (Å²) in [6.07, 6.45) is 2.38. The lowest BCUT2D eigenvalue weighted by Crippen LogP contribution is -2.41. The molecule has 6 heterocycles. The number of carbonyl (C=O) groups excluding carboxylic acids is 2. The maximum atomic E-state index is 13.6. The number of thiazole rings is 2. The van der Waals surface area contributed by atoms with Gasteiger partial charge in [0.25, 0.3) is 11.8 Å². The third-order valence-electron chi connectivity index (χ3n) is 12.4. The summed E-state index contributed by atoms with van der Waals surface area (Å²) < 4.78 is 0.682. The van der Waals surface area contributed by atoms with Crippen molar-refractivity contribution in [1.29, 1.82) is 0 Å². The number of aliphatic hydroxyl groups is 1. The quantitative estimate of drug-likeness (QED) is 0.0871. The molecule has 11 nitrogen and oxygen atoms in total. The molecule has 6 atom stereocenters. The van der Waals surface area contributed by atoms with E-state index in [0.29, 0.717) is 39.8 Å². The van der Waals surface area contributed by atoms with Crippen molar-refractivity contribution < 1.29 is 14.7 Å². The smallest absolute Gasteiger partial charge is 0.274 e. The van der Waals surface area contributed by atoms with Crippen molar-refractivity contribution in [2.75, 3.05) is 25.4 Å². The van der Waals surface area contributed by atoms with Crippen LogP contribution >= 0.6 is 46.7 Å². The largest absolute Gasteiger partial charge is 0.394 e. The Kier molecular flexibility index (Phi) is 11.6. The number of fused-ring (bicyclic) bond motifs is 4. The zero-order valence-electron chi connectivity index (χ0n) is 34.7. The molecule has 0 unspecified atom stereocenters. The van der Waals surface area contributed by atoms with Crippen LogP contribution < -0.4 is 0 Å². The topological polar surface area (TPSA) is 147 Å². The molecular weight excluding hydrogens is 865 g/mol. The Morgan fingerprint density at radius 1 is 0.667 bits per heavy atom. The van der Waals surface area contributed by atoms with Gasteiger partial charge in [-0.3, -0.25) is 9.59 Å². The number of para-hydroxylation sites is 4. The molecular formula is C48H46N8O3S4. The number of aromatic nitrogens is 6. The van der Waals surface area contributed by atoms with Crippen LogP contribution in [0.15, 0.2) is 114 Å². The third-order valence-corrected chi connectivity index (χ3v) is 15.7. The van der Waals surface area contributed by atoms with E-state index in [9.17, 15) is 14.7 Å². The van der Waals surface area contributed by atoms with Gasteiger partial charge in [-0.25, -0.2) is 15.0 Å². The summed E-state index contributed by atoms with van der Waals surface area (Å²) in [5.41, 5.74) is 7.40. The monoisotopic (exact) mass is 910 g/mol. The van der Waals surface area contributed by atoms with E-state index < -0.39 is 0 Å². The first kappa shape index (κ1) is 41.6. The van der Waals surface area contributed by atoms with Crippen LogP contribution in [0.5, 0.6) is 0 Å². The number of benzene rings is 4. The van der Waals surface area contributed by atoms with Gasteiger partial charge in [-0.2, -0.15) is 0 Å². The molecule has 8 aromatic rings. The highest BCUT2D eigenvalue weighted by Gasteiger charge is 2.55. The van der Waals surface area contributed by atoms with Crippen LogP contribution in [0.3, 0.4) is 0 Å². The summed E-state index contributed by atoms with van der Waals surface area (Å²) in [5, 5.41) is 12.4. The number of amides is 2. The number of H-pyrrole nitrogens is 3. The molecule has 0 spiro atoms. The minimum absolute atomic E-state index is 0.0249. The Balaban J connectivity index is 0.000000127. The number of aromatic amines is 3. The van der Waals surface area contributed by atoms with Gasteiger partial charge in [0.2, 0.25) is 0 Å². The molecule has 4 fully saturated rings. The van der Waals surface area contributed by atoms with Gasteiger partial charge in [-0.1, -0.05) is 96.7 Å². The first-order valence-corrected chi connectivity index (χ1v) is 24.3. The van der Waals surface area contributed by atoms with E-state index in [0.717, 1.165) is 83.4 Å². The summed E-state index contributed by atoms with van der Waals surface area (Å²) in [5.74, 6) is 3.23. The van der Waals surface area contributed by atoms with E-state index >= 15 is 0 Å². The van der Waals surface area contributed by atoms with Crippen molar-refractivity contribution in [2.24, 2.45) is 23.7 Å². The normalized spacial score (nSPS) is 21.6. The Labute approximate surface area is 382 Å². The molecule has 4 aromatic carbocycles. The number of piperidine rings is 2. The predicted octanol–water partition coefficient (Wildman–Crippen LogP) is 10.0. The van der Waals surface area contributed by atoms with Crippen LogP contribution in [0.2, 0.25) is 0 Å². The Bertz CT molecular complexity index is 2910. The fourth-order valence-electron chi connectivity index (χ4n) is 9.18. The number of aliphatic hydroxyl groups excluding tert-OH is 1. The first-order valence-electron chi connectivity index (χ1n) is 21.3. The molecule has 320 valence electrons. The zero-order valence-corrected chi connectivity index (χ0v) is 38.0. The van der Waals surface area contributed by atoms with E-state index in [1.807, 2.05) is 116 Å². The number of carbonyl (C=O) groups is 2. The van der Waals surface area contributed by atoms with Gasteiger partial charge in [0.1, 0.15) is 11.4 Å². The average molecular weight is 911 g/mol. The Morgan fingerprint density at radius 3 is 1.67 bits per heavy atom. The number of rotatable bonds is 8. The summed E-state index contributed by atoms with van der Waals surface area (Å²) in [4.78, 5) is 55.7. The van der Waals surface area contributed by atoms with Crippen LogP contribution in [0.25, 0.3) is 42.9 Å². The van der Waals surface area contributed by atoms with E-state index in [1.54, 1.807) is 34.4 Å². The second kappa shape index (κ2) is 17.6. The molecule has 2 saturated carbocycles. The minimum Gasteiger partial charge on any atom is -0.394 e. The molecule has 2 amide bonds. The number of nitrogens with zero attached hydrogens (tertiary/aromatic N) is 5. The standard InChI is InChI=1S/C24H22N4OS2.C17H18N2O2S.C7H6N2S/c1-14-25-21(22(31-14)15-7-3-2-4-8-15)23(29)28-12-16-11-17(16)20(28)13-30-24-26-18-9-5-6-10-19(18)27-24;1-10-18-15(16(22-10)11-5-3-2-4-6-11)17(21)19-8-12-7-13(12)14(19)9-20;10-7-8-5-3-1-2-4-6(5)9-7/h2-10,16-17,20H,11-13H2,1H3,(H,26,27);2-6,12-14,20H,7-9H2,1H3;1-4H,(H2,8,9,10)/t16-,17-,20-;12-,13-,14-;/m11./s1. The summed E-state index contributed by atoms with van der Waals surface area (Å²) in [7, 11) is 0. The van der Waals surface area contributed by atoms with E-state index in [-0.39, 0.29) is 30.5 Å². The maximum Gasteiger partial charge on any atom is 0.274 e. The molecule has 63 heavy (non-hydrogen) atoms. The van der Waals surface area contributed by atoms with E-state index in [1.165, 1.54) is 6.42 Å². The number of nitrogens with one attached hydrogen (secondary N) is 3. The second-order valence-corrected chi connectivity index (χ2v) is 20.4. The van der Waals surface area contributed by atoms with Crippen LogP contribution in [-0.2, 0) is 0 Å². The van der Waals surface area contributed by atoms with Crippen molar-refractivity contribution in [3.63, 3.8) is 0 Å². The number of likely N-dealkylation sites (tertiary alicyclic amines) is 2. The van der Waals surface area contributed by atoms with Crippen molar-refractivity contribution in [2.45, 2.75) is 43.9 Å². The number of imidazole rings is 2. The van der Waals surface area contributed by atoms with E-state index in [4.69, 9.17) is 17.2 Å². The molecule has 12 rings (SSSR count). The van der Waals surface area contributed by atoms with Crippen LogP contribution in [0, 0.1) is 42.3 Å². The molecule has 4 aromatic heterocycles. The maximum absolute atomic E-state index is 13.6. The number of aryl methyl sites for hydroxylation is 2. The molecule has 0 radical (unpaired) electrons. The summed E-state index contributed by atoms with van der Waals surface area (Å²) in [6, 6.07) is 36.3. The van der Waals surface area contributed by atoms with Gasteiger partial charge in [0.05, 0.1) is 54.5 Å². The van der Waals surface area contributed by atoms with E-state index in [2.05, 4.69) is 42.0 Å². The van der Waals surface area contributed by atoms with Gasteiger partial charge in [0, 0.05) is 24.9 Å². The van der Waals surface area contributed by atoms with Gasteiger partial charge >= 0.3 is 0 Å². The predicted molar refractivity (Wildman–Crippen MR) is 255 cm³/mol. The lowest BCUT2D eigenvalue weighted by Gasteiger charge is -2.27. The first-order chi connectivity index (χ1) is 30.7. The zero-order chi connectivity index (χ0) is 43.2. The molecule has 0 bridgehead atoms. The van der Waals surface area contributed by atoms with Crippen molar-refractivity contribution in [3.8, 4) is 20.9 Å². The molecule has 4 N–H and O–H groups in total. The SMILES string of the molecule is Cc1nc(C(=O)N2C[C@H]3C[C@H]3[C@H]2CO)c(-c2ccccc2)s1.Cc1nc(C(=O)N2C[C@H]3C[C@H]3[C@H]2CSc2nc3ccccc3[nH]2)c(-c2ccccc2)s1.S=c1[nH]c2ccccc2[nH]1. The highest BCUT2D eigenvalue weighted by Crippen LogP contribution is 2.52. The van der Waals surface area contributed by atoms with Gasteiger partial charge in [-0.05, 0) is 98.0 Å². The Morgan fingerprint density at radius 2 is 1.14 bits per heavy atom. The van der Waals surface area contributed by atoms with Crippen molar-refractivity contribution in [1.82, 2.24) is 39.7 Å². The van der Waals surface area contributed by atoms with Gasteiger partial charge in [-0.15, -0.1) is 22.7 Å². The Hall–Kier alpha value is -5.45. The van der Waals surface area contributed by atoms with Crippen LogP contribution in [-0.4, -0.2) is 94.2 Å². The lowest BCUT2D eigenvalue weighted by atomic mass is 10.1. The molecule has 4 aliphatic rings. The number of hydrogen-bond acceptors (Lipinski definition) is 10. The highest BCUT2D eigenvalue weighted by molar-refractivity contribution is 7.99. The van der Waals surface area contributed by atoms with Gasteiger partial charge < -0.3 is 29.9 Å². The molecule has 15 heteroatoms. The fraction of sp³-hybridized carbons (Fsp3) is 0.292. The molecule has 2 saturated heterocycles. The number of hydrogen-bond donors (Lipinski definition) is 4. The van der Waals surface area contributed by atoms with Crippen molar-refractivity contribution in [3.05, 3.63) is 135 Å². The minimum atomic E-state index is -0.0329. The fourth-order valence-corrected chi connectivity index (χ4v) is 12.3. The summed E-state index contributed by atoms with van der Waals surface area (Å²) in [6.45, 7) is 5.57. The van der Waals surface area contributed by atoms with Crippen LogP contribution in [0.1, 0.15) is 43.8 Å². The lowest BCUT2D eigenvalue weighted by molar-refractivity contribution is 0.0628. The van der Waals surface area contributed by atoms with Gasteiger partial charge in [0.15, 0.2) is 9.93 Å².